The molecule has 1 atom stereocenters. The molecule has 1 heterocycles. The summed E-state index contributed by atoms with van der Waals surface area (Å²) in [5.41, 5.74) is 1.01. The number of alkyl halides is 3. The third-order valence-corrected chi connectivity index (χ3v) is 6.33. The minimum Gasteiger partial charge on any atom is -0.355 e. The molecular formula is C16H14F3NO6S2. The second-order valence-corrected chi connectivity index (χ2v) is 9.19. The van der Waals surface area contributed by atoms with Gasteiger partial charge in [-0.3, -0.25) is 8.74 Å². The van der Waals surface area contributed by atoms with E-state index in [0.29, 0.717) is 11.4 Å². The normalized spacial score (nSPS) is 16.0. The van der Waals surface area contributed by atoms with E-state index in [0.717, 1.165) is 0 Å². The SMILES string of the molecule is O=S(=O)(O)CC(OS(=O)(=O)C1c2ccccc2Nc2ccccc21)C(F)(F)F. The summed E-state index contributed by atoms with van der Waals surface area (Å²) in [7, 11) is -10.2. The van der Waals surface area contributed by atoms with Gasteiger partial charge in [-0.2, -0.15) is 30.0 Å². The molecule has 0 amide bonds. The maximum Gasteiger partial charge on any atom is 0.417 e. The number of halogens is 3. The Hall–Kier alpha value is -2.15. The molecule has 0 saturated heterocycles. The first-order chi connectivity index (χ1) is 12.9. The van der Waals surface area contributed by atoms with Crippen molar-refractivity contribution in [3.05, 3.63) is 59.7 Å². The van der Waals surface area contributed by atoms with Gasteiger partial charge in [-0.1, -0.05) is 36.4 Å². The van der Waals surface area contributed by atoms with Crippen molar-refractivity contribution in [2.24, 2.45) is 0 Å². The maximum absolute atomic E-state index is 13.2. The summed E-state index contributed by atoms with van der Waals surface area (Å²) in [6.45, 7) is 0. The van der Waals surface area contributed by atoms with Gasteiger partial charge < -0.3 is 5.32 Å². The van der Waals surface area contributed by atoms with Gasteiger partial charge in [0.2, 0.25) is 0 Å². The molecule has 1 unspecified atom stereocenters. The molecule has 0 bridgehead atoms. The van der Waals surface area contributed by atoms with Crippen LogP contribution in [-0.4, -0.2) is 39.4 Å². The predicted molar refractivity (Wildman–Crippen MR) is 94.3 cm³/mol. The van der Waals surface area contributed by atoms with Gasteiger partial charge in [-0.15, -0.1) is 0 Å². The zero-order valence-corrected chi connectivity index (χ0v) is 15.6. The van der Waals surface area contributed by atoms with E-state index in [4.69, 9.17) is 4.55 Å². The number of nitrogens with one attached hydrogen (secondary N) is 1. The van der Waals surface area contributed by atoms with Gasteiger partial charge in [0.05, 0.1) is 0 Å². The molecule has 2 N–H and O–H groups in total. The first-order valence-electron chi connectivity index (χ1n) is 7.77. The van der Waals surface area contributed by atoms with E-state index in [9.17, 15) is 30.0 Å². The average Bonchev–Trinajstić information content (AvgIpc) is 2.56. The Bertz CT molecular complexity index is 1050. The molecule has 0 aromatic heterocycles. The lowest BCUT2D eigenvalue weighted by Crippen LogP contribution is -2.40. The van der Waals surface area contributed by atoms with Gasteiger partial charge >= 0.3 is 6.18 Å². The lowest BCUT2D eigenvalue weighted by atomic mass is 9.97. The Balaban J connectivity index is 2.09. The van der Waals surface area contributed by atoms with E-state index in [2.05, 4.69) is 9.50 Å². The molecular weight excluding hydrogens is 423 g/mol. The molecule has 0 spiro atoms. The van der Waals surface area contributed by atoms with Crippen LogP contribution in [0.5, 0.6) is 0 Å². The molecule has 3 rings (SSSR count). The highest BCUT2D eigenvalue weighted by molar-refractivity contribution is 7.87. The topological polar surface area (TPSA) is 110 Å². The van der Waals surface area contributed by atoms with Crippen LogP contribution in [0.2, 0.25) is 0 Å². The molecule has 152 valence electrons. The van der Waals surface area contributed by atoms with Crippen molar-refractivity contribution in [3.63, 3.8) is 0 Å². The van der Waals surface area contributed by atoms with E-state index >= 15 is 0 Å². The number of fused-ring (bicyclic) bond motifs is 2. The van der Waals surface area contributed by atoms with Crippen LogP contribution in [0.4, 0.5) is 24.5 Å². The summed E-state index contributed by atoms with van der Waals surface area (Å²) in [5, 5.41) is 1.37. The highest BCUT2D eigenvalue weighted by Crippen LogP contribution is 2.45. The summed E-state index contributed by atoms with van der Waals surface area (Å²) in [4.78, 5) is 0. The van der Waals surface area contributed by atoms with Crippen molar-refractivity contribution in [2.75, 3.05) is 11.1 Å². The smallest absolute Gasteiger partial charge is 0.355 e. The van der Waals surface area contributed by atoms with Crippen molar-refractivity contribution in [3.8, 4) is 0 Å². The van der Waals surface area contributed by atoms with Gasteiger partial charge in [-0.25, -0.2) is 0 Å². The summed E-state index contributed by atoms with van der Waals surface area (Å²) >= 11 is 0. The van der Waals surface area contributed by atoms with Gasteiger partial charge in [0.15, 0.2) is 6.10 Å². The highest BCUT2D eigenvalue weighted by atomic mass is 32.2. The van der Waals surface area contributed by atoms with Crippen LogP contribution >= 0.6 is 0 Å². The molecule has 2 aromatic carbocycles. The second-order valence-electron chi connectivity index (χ2n) is 6.05. The quantitative estimate of drug-likeness (QED) is 0.547. The van der Waals surface area contributed by atoms with Crippen LogP contribution in [0.1, 0.15) is 16.4 Å². The largest absolute Gasteiger partial charge is 0.417 e. The summed E-state index contributed by atoms with van der Waals surface area (Å²) < 4.78 is 100. The van der Waals surface area contributed by atoms with Gasteiger partial charge in [0.1, 0.15) is 11.0 Å². The second kappa shape index (κ2) is 7.03. The van der Waals surface area contributed by atoms with Crippen molar-refractivity contribution in [1.29, 1.82) is 0 Å². The number of hydrogen-bond donors (Lipinski definition) is 2. The molecule has 0 aliphatic carbocycles. The van der Waals surface area contributed by atoms with Crippen LogP contribution < -0.4 is 5.32 Å². The van der Waals surface area contributed by atoms with Crippen LogP contribution in [0, 0.1) is 0 Å². The van der Waals surface area contributed by atoms with E-state index in [-0.39, 0.29) is 11.1 Å². The fraction of sp³-hybridized carbons (Fsp3) is 0.250. The van der Waals surface area contributed by atoms with Crippen molar-refractivity contribution in [1.82, 2.24) is 0 Å². The Morgan fingerprint density at radius 2 is 1.43 bits per heavy atom. The molecule has 0 saturated carbocycles. The number of rotatable bonds is 5. The molecule has 0 radical (unpaired) electrons. The highest BCUT2D eigenvalue weighted by Gasteiger charge is 2.48. The first-order valence-corrected chi connectivity index (χ1v) is 10.9. The average molecular weight is 437 g/mol. The Morgan fingerprint density at radius 3 is 1.86 bits per heavy atom. The van der Waals surface area contributed by atoms with E-state index in [1.807, 2.05) is 0 Å². The minimum atomic E-state index is -5.34. The molecule has 7 nitrogen and oxygen atoms in total. The molecule has 2 aromatic rings. The van der Waals surface area contributed by atoms with Crippen LogP contribution in [0.3, 0.4) is 0 Å². The van der Waals surface area contributed by atoms with Crippen LogP contribution in [0.15, 0.2) is 48.5 Å². The van der Waals surface area contributed by atoms with Crippen molar-refractivity contribution < 1.29 is 38.7 Å². The third kappa shape index (κ3) is 4.29. The van der Waals surface area contributed by atoms with Crippen LogP contribution in [-0.2, 0) is 24.4 Å². The van der Waals surface area contributed by atoms with E-state index in [1.54, 1.807) is 24.3 Å². The van der Waals surface area contributed by atoms with Crippen molar-refractivity contribution in [2.45, 2.75) is 17.5 Å². The maximum atomic E-state index is 13.2. The standard InChI is InChI=1S/C16H14F3NO6S2/c17-16(18,19)14(9-27(21,22)23)26-28(24,25)15-10-5-1-3-7-12(10)20-13-8-4-2-6-11(13)15/h1-8,14-15,20H,9H2,(H,21,22,23). The number of anilines is 2. The van der Waals surface area contributed by atoms with Crippen molar-refractivity contribution >= 4 is 31.6 Å². The minimum absolute atomic E-state index is 0.147. The Morgan fingerprint density at radius 1 is 0.964 bits per heavy atom. The molecule has 28 heavy (non-hydrogen) atoms. The number of para-hydroxylation sites is 2. The Kier molecular flexibility index (Phi) is 5.17. The molecule has 1 aliphatic heterocycles. The predicted octanol–water partition coefficient (Wildman–Crippen LogP) is 3.00. The lowest BCUT2D eigenvalue weighted by molar-refractivity contribution is -0.187. The van der Waals surface area contributed by atoms with Crippen LogP contribution in [0.25, 0.3) is 0 Å². The number of benzene rings is 2. The van der Waals surface area contributed by atoms with Gasteiger partial charge in [0.25, 0.3) is 20.2 Å². The summed E-state index contributed by atoms with van der Waals surface area (Å²) in [6, 6.07) is 12.2. The van der Waals surface area contributed by atoms with E-state index < -0.39 is 43.5 Å². The number of hydrogen-bond acceptors (Lipinski definition) is 6. The van der Waals surface area contributed by atoms with Gasteiger partial charge in [-0.05, 0) is 12.1 Å². The zero-order valence-electron chi connectivity index (χ0n) is 13.9. The third-order valence-electron chi connectivity index (χ3n) is 4.02. The monoisotopic (exact) mass is 437 g/mol. The lowest BCUT2D eigenvalue weighted by Gasteiger charge is -2.30. The first kappa shape index (κ1) is 20.6. The fourth-order valence-electron chi connectivity index (χ4n) is 2.89. The zero-order chi connectivity index (χ0) is 20.7. The summed E-state index contributed by atoms with van der Waals surface area (Å²) in [6.07, 6.45) is -8.59. The molecule has 12 heteroatoms. The Labute approximate surface area is 159 Å². The van der Waals surface area contributed by atoms with Gasteiger partial charge in [0, 0.05) is 22.5 Å². The molecule has 1 aliphatic rings. The molecule has 0 fully saturated rings. The fourth-order valence-corrected chi connectivity index (χ4v) is 5.26. The summed E-state index contributed by atoms with van der Waals surface area (Å²) in [5.74, 6) is -1.94. The van der Waals surface area contributed by atoms with E-state index in [1.165, 1.54) is 24.3 Å².